The van der Waals surface area contributed by atoms with E-state index in [9.17, 15) is 4.79 Å². The van der Waals surface area contributed by atoms with Crippen molar-refractivity contribution in [3.8, 4) is 0 Å². The first kappa shape index (κ1) is 8.09. The highest BCUT2D eigenvalue weighted by Crippen LogP contribution is 2.56. The van der Waals surface area contributed by atoms with Gasteiger partial charge in [-0.2, -0.15) is 0 Å². The van der Waals surface area contributed by atoms with Gasteiger partial charge in [0.25, 0.3) is 0 Å². The molecule has 0 saturated heterocycles. The summed E-state index contributed by atoms with van der Waals surface area (Å²) in [5.74, 6) is -0.0516. The maximum Gasteiger partial charge on any atom is 0.223 e. The predicted molar refractivity (Wildman–Crippen MR) is 47.4 cm³/mol. The molecule has 0 aromatic heterocycles. The average molecular weight is 167 g/mol. The van der Waals surface area contributed by atoms with E-state index in [2.05, 4.69) is 6.92 Å². The van der Waals surface area contributed by atoms with E-state index in [1.807, 2.05) is 0 Å². The van der Waals surface area contributed by atoms with Gasteiger partial charge >= 0.3 is 0 Å². The fourth-order valence-electron chi connectivity index (χ4n) is 2.74. The van der Waals surface area contributed by atoms with Gasteiger partial charge in [-0.15, -0.1) is 0 Å². The molecule has 2 N–H and O–H groups in total. The normalized spacial score (nSPS) is 46.1. The molecule has 3 aliphatic rings. The molecule has 68 valence electrons. The van der Waals surface area contributed by atoms with Crippen LogP contribution in [0.3, 0.4) is 0 Å². The van der Waals surface area contributed by atoms with E-state index in [0.717, 1.165) is 19.3 Å². The van der Waals surface area contributed by atoms with Crippen LogP contribution in [-0.4, -0.2) is 5.91 Å². The van der Waals surface area contributed by atoms with Crippen molar-refractivity contribution in [1.29, 1.82) is 0 Å². The number of nitrogens with two attached hydrogens (primary N) is 1. The zero-order chi connectivity index (χ0) is 8.82. The van der Waals surface area contributed by atoms with E-state index in [1.165, 1.54) is 19.3 Å². The van der Waals surface area contributed by atoms with Crippen LogP contribution in [0.1, 0.15) is 45.4 Å². The second kappa shape index (κ2) is 2.24. The molecule has 0 heterocycles. The SMILES string of the molecule is CC12CCC(C(N)=O)(CC1)CC2. The number of hydrogen-bond donors (Lipinski definition) is 1. The smallest absolute Gasteiger partial charge is 0.223 e. The van der Waals surface area contributed by atoms with E-state index in [1.54, 1.807) is 0 Å². The molecule has 3 fully saturated rings. The van der Waals surface area contributed by atoms with Gasteiger partial charge in [-0.05, 0) is 43.9 Å². The lowest BCUT2D eigenvalue weighted by Crippen LogP contribution is -2.47. The molecule has 0 spiro atoms. The number of amides is 1. The number of rotatable bonds is 1. The van der Waals surface area contributed by atoms with Crippen LogP contribution in [0.5, 0.6) is 0 Å². The lowest BCUT2D eigenvalue weighted by Gasteiger charge is -2.50. The third kappa shape index (κ3) is 0.970. The molecule has 0 aromatic carbocycles. The molecular formula is C10H17NO. The van der Waals surface area contributed by atoms with Gasteiger partial charge in [0, 0.05) is 5.41 Å². The topological polar surface area (TPSA) is 43.1 Å². The maximum absolute atomic E-state index is 11.3. The minimum absolute atomic E-state index is 0.0516. The van der Waals surface area contributed by atoms with E-state index >= 15 is 0 Å². The van der Waals surface area contributed by atoms with Crippen molar-refractivity contribution in [3.63, 3.8) is 0 Å². The summed E-state index contributed by atoms with van der Waals surface area (Å²) in [4.78, 5) is 11.3. The van der Waals surface area contributed by atoms with E-state index < -0.39 is 0 Å². The first-order valence-corrected chi connectivity index (χ1v) is 4.86. The Kier molecular flexibility index (Phi) is 1.51. The summed E-state index contributed by atoms with van der Waals surface area (Å²) >= 11 is 0. The largest absolute Gasteiger partial charge is 0.369 e. The summed E-state index contributed by atoms with van der Waals surface area (Å²) in [6.45, 7) is 2.34. The minimum Gasteiger partial charge on any atom is -0.369 e. The molecule has 3 rings (SSSR count). The third-order valence-corrected chi connectivity index (χ3v) is 4.14. The lowest BCUT2D eigenvalue weighted by atomic mass is 9.54. The molecule has 0 unspecified atom stereocenters. The Labute approximate surface area is 73.5 Å². The van der Waals surface area contributed by atoms with Crippen molar-refractivity contribution in [2.24, 2.45) is 16.6 Å². The standard InChI is InChI=1S/C10H17NO/c1-9-2-5-10(6-3-9,7-4-9)8(11)12/h2-7H2,1H3,(H2,11,12). The monoisotopic (exact) mass is 167 g/mol. The zero-order valence-electron chi connectivity index (χ0n) is 7.73. The van der Waals surface area contributed by atoms with E-state index in [0.29, 0.717) is 5.41 Å². The average Bonchev–Trinajstić information content (AvgIpc) is 2.06. The highest BCUT2D eigenvalue weighted by molar-refractivity contribution is 5.81. The molecule has 2 bridgehead atoms. The van der Waals surface area contributed by atoms with E-state index in [-0.39, 0.29) is 11.3 Å². The number of carbonyl (C=O) groups excluding carboxylic acids is 1. The minimum atomic E-state index is -0.0994. The van der Waals surface area contributed by atoms with Crippen LogP contribution in [0.25, 0.3) is 0 Å². The Balaban J connectivity index is 2.20. The van der Waals surface area contributed by atoms with Gasteiger partial charge in [-0.25, -0.2) is 0 Å². The molecule has 2 nitrogen and oxygen atoms in total. The second-order valence-electron chi connectivity index (χ2n) is 4.96. The fraction of sp³-hybridized carbons (Fsp3) is 0.900. The molecule has 0 aliphatic heterocycles. The molecule has 1 amide bonds. The molecule has 0 radical (unpaired) electrons. The Bertz CT molecular complexity index is 197. The number of carbonyl (C=O) groups is 1. The molecule has 3 saturated carbocycles. The van der Waals surface area contributed by atoms with Gasteiger partial charge in [0.05, 0.1) is 0 Å². The van der Waals surface area contributed by atoms with Gasteiger partial charge in [-0.1, -0.05) is 6.92 Å². The number of primary amides is 1. The van der Waals surface area contributed by atoms with Crippen LogP contribution in [0, 0.1) is 10.8 Å². The van der Waals surface area contributed by atoms with Crippen LogP contribution < -0.4 is 5.73 Å². The summed E-state index contributed by atoms with van der Waals surface area (Å²) in [5.41, 5.74) is 5.88. The predicted octanol–water partition coefficient (Wildman–Crippen LogP) is 1.83. The second-order valence-corrected chi connectivity index (χ2v) is 4.96. The van der Waals surface area contributed by atoms with Crippen molar-refractivity contribution in [3.05, 3.63) is 0 Å². The van der Waals surface area contributed by atoms with Gasteiger partial charge in [0.1, 0.15) is 0 Å². The van der Waals surface area contributed by atoms with Crippen LogP contribution in [0.2, 0.25) is 0 Å². The molecule has 0 atom stereocenters. The molecule has 12 heavy (non-hydrogen) atoms. The highest BCUT2D eigenvalue weighted by Gasteiger charge is 2.49. The van der Waals surface area contributed by atoms with Crippen molar-refractivity contribution in [2.45, 2.75) is 45.4 Å². The molecule has 2 heteroatoms. The highest BCUT2D eigenvalue weighted by atomic mass is 16.1. The first-order chi connectivity index (χ1) is 5.56. The first-order valence-electron chi connectivity index (χ1n) is 4.86. The number of hydrogen-bond acceptors (Lipinski definition) is 1. The van der Waals surface area contributed by atoms with Gasteiger partial charge in [0.2, 0.25) is 5.91 Å². The Hall–Kier alpha value is -0.530. The fourth-order valence-corrected chi connectivity index (χ4v) is 2.74. The summed E-state index contributed by atoms with van der Waals surface area (Å²) in [5, 5.41) is 0. The van der Waals surface area contributed by atoms with Gasteiger partial charge in [-0.3, -0.25) is 4.79 Å². The lowest BCUT2D eigenvalue weighted by molar-refractivity contribution is -0.136. The van der Waals surface area contributed by atoms with Crippen molar-refractivity contribution in [1.82, 2.24) is 0 Å². The summed E-state index contributed by atoms with van der Waals surface area (Å²) < 4.78 is 0. The number of fused-ring (bicyclic) bond motifs is 3. The summed E-state index contributed by atoms with van der Waals surface area (Å²) in [6, 6.07) is 0. The van der Waals surface area contributed by atoms with Crippen LogP contribution in [-0.2, 0) is 4.79 Å². The molecular weight excluding hydrogens is 150 g/mol. The van der Waals surface area contributed by atoms with Crippen LogP contribution in [0.15, 0.2) is 0 Å². The van der Waals surface area contributed by atoms with Crippen LogP contribution >= 0.6 is 0 Å². The Morgan fingerprint density at radius 3 is 1.83 bits per heavy atom. The Morgan fingerprint density at radius 2 is 1.50 bits per heavy atom. The molecule has 0 aromatic rings. The maximum atomic E-state index is 11.3. The van der Waals surface area contributed by atoms with Crippen molar-refractivity contribution in [2.75, 3.05) is 0 Å². The van der Waals surface area contributed by atoms with E-state index in [4.69, 9.17) is 5.73 Å². The summed E-state index contributed by atoms with van der Waals surface area (Å²) in [7, 11) is 0. The van der Waals surface area contributed by atoms with Crippen molar-refractivity contribution < 1.29 is 4.79 Å². The van der Waals surface area contributed by atoms with Crippen molar-refractivity contribution >= 4 is 5.91 Å². The van der Waals surface area contributed by atoms with Gasteiger partial charge < -0.3 is 5.73 Å². The quantitative estimate of drug-likeness (QED) is 0.636. The van der Waals surface area contributed by atoms with Crippen LogP contribution in [0.4, 0.5) is 0 Å². The Morgan fingerprint density at radius 1 is 1.08 bits per heavy atom. The zero-order valence-corrected chi connectivity index (χ0v) is 7.73. The third-order valence-electron chi connectivity index (χ3n) is 4.14. The molecule has 3 aliphatic carbocycles. The summed E-state index contributed by atoms with van der Waals surface area (Å²) in [6.07, 6.45) is 6.73. The van der Waals surface area contributed by atoms with Gasteiger partial charge in [0.15, 0.2) is 0 Å².